The number of rotatable bonds is 1. The highest BCUT2D eigenvalue weighted by Crippen LogP contribution is 2.31. The third-order valence-electron chi connectivity index (χ3n) is 4.40. The Morgan fingerprint density at radius 3 is 2.76 bits per heavy atom. The van der Waals surface area contributed by atoms with Crippen LogP contribution in [0.5, 0.6) is 0 Å². The largest absolute Gasteiger partial charge is 0.381 e. The summed E-state index contributed by atoms with van der Waals surface area (Å²) >= 11 is 0. The van der Waals surface area contributed by atoms with Crippen LogP contribution < -0.4 is 0 Å². The van der Waals surface area contributed by atoms with E-state index in [0.717, 1.165) is 42.9 Å². The summed E-state index contributed by atoms with van der Waals surface area (Å²) in [4.78, 5) is 9.28. The molecule has 1 aromatic carbocycles. The molecule has 21 heavy (non-hydrogen) atoms. The Hall–Kier alpha value is -1.94. The summed E-state index contributed by atoms with van der Waals surface area (Å²) in [5, 5.41) is 1.21. The molecule has 0 aliphatic carbocycles. The molecule has 1 aliphatic rings. The Balaban J connectivity index is 2.04. The summed E-state index contributed by atoms with van der Waals surface area (Å²) in [6, 6.07) is 6.92. The SMILES string of the molecule is Cc1ccc2ncc3nc(C)n(C4CCOCC4)c3c2c1. The van der Waals surface area contributed by atoms with Crippen LogP contribution in [-0.2, 0) is 4.74 Å². The molecule has 3 heterocycles. The number of pyridine rings is 1. The van der Waals surface area contributed by atoms with Crippen molar-refractivity contribution >= 4 is 21.9 Å². The van der Waals surface area contributed by atoms with Crippen LogP contribution in [-0.4, -0.2) is 27.7 Å². The third kappa shape index (κ3) is 2.02. The van der Waals surface area contributed by atoms with E-state index in [1.54, 1.807) is 0 Å². The van der Waals surface area contributed by atoms with Gasteiger partial charge in [-0.15, -0.1) is 0 Å². The Morgan fingerprint density at radius 1 is 1.14 bits per heavy atom. The van der Waals surface area contributed by atoms with Gasteiger partial charge in [0.25, 0.3) is 0 Å². The van der Waals surface area contributed by atoms with Crippen molar-refractivity contribution in [3.8, 4) is 0 Å². The van der Waals surface area contributed by atoms with Gasteiger partial charge in [-0.25, -0.2) is 4.98 Å². The minimum Gasteiger partial charge on any atom is -0.381 e. The molecule has 0 amide bonds. The van der Waals surface area contributed by atoms with E-state index in [-0.39, 0.29) is 0 Å². The molecule has 1 aliphatic heterocycles. The molecule has 0 atom stereocenters. The summed E-state index contributed by atoms with van der Waals surface area (Å²) < 4.78 is 7.91. The lowest BCUT2D eigenvalue weighted by Gasteiger charge is -2.25. The summed E-state index contributed by atoms with van der Waals surface area (Å²) in [5.41, 5.74) is 4.53. The summed E-state index contributed by atoms with van der Waals surface area (Å²) in [7, 11) is 0. The van der Waals surface area contributed by atoms with E-state index >= 15 is 0 Å². The monoisotopic (exact) mass is 281 g/mol. The number of ether oxygens (including phenoxy) is 1. The topological polar surface area (TPSA) is 39.9 Å². The van der Waals surface area contributed by atoms with Crippen molar-refractivity contribution < 1.29 is 4.74 Å². The molecule has 1 fully saturated rings. The number of imidazole rings is 1. The van der Waals surface area contributed by atoms with Gasteiger partial charge in [0, 0.05) is 24.6 Å². The van der Waals surface area contributed by atoms with Gasteiger partial charge in [-0.2, -0.15) is 0 Å². The molecule has 0 saturated carbocycles. The number of aryl methyl sites for hydroxylation is 2. The van der Waals surface area contributed by atoms with Crippen molar-refractivity contribution in [1.82, 2.24) is 14.5 Å². The van der Waals surface area contributed by atoms with Crippen LogP contribution in [0.1, 0.15) is 30.3 Å². The lowest BCUT2D eigenvalue weighted by atomic mass is 10.1. The van der Waals surface area contributed by atoms with Crippen LogP contribution in [0.2, 0.25) is 0 Å². The van der Waals surface area contributed by atoms with Crippen LogP contribution in [0.25, 0.3) is 21.9 Å². The van der Waals surface area contributed by atoms with Gasteiger partial charge < -0.3 is 9.30 Å². The van der Waals surface area contributed by atoms with E-state index in [0.29, 0.717) is 6.04 Å². The average Bonchev–Trinajstić information content (AvgIpc) is 2.84. The van der Waals surface area contributed by atoms with Gasteiger partial charge in [0.2, 0.25) is 0 Å². The minimum absolute atomic E-state index is 0.481. The normalized spacial score (nSPS) is 16.9. The van der Waals surface area contributed by atoms with Gasteiger partial charge in [0.15, 0.2) is 0 Å². The second-order valence-electron chi connectivity index (χ2n) is 5.89. The highest BCUT2D eigenvalue weighted by Gasteiger charge is 2.21. The lowest BCUT2D eigenvalue weighted by Crippen LogP contribution is -2.20. The maximum atomic E-state index is 5.51. The molecule has 4 nitrogen and oxygen atoms in total. The Morgan fingerprint density at radius 2 is 1.95 bits per heavy atom. The number of fused-ring (bicyclic) bond motifs is 3. The molecule has 0 N–H and O–H groups in total. The fourth-order valence-electron chi connectivity index (χ4n) is 3.40. The molecule has 3 aromatic rings. The van der Waals surface area contributed by atoms with Crippen molar-refractivity contribution in [1.29, 1.82) is 0 Å². The first kappa shape index (κ1) is 12.8. The van der Waals surface area contributed by atoms with Crippen molar-refractivity contribution in [2.45, 2.75) is 32.7 Å². The van der Waals surface area contributed by atoms with E-state index in [1.165, 1.54) is 16.5 Å². The molecule has 4 rings (SSSR count). The van der Waals surface area contributed by atoms with E-state index in [4.69, 9.17) is 9.72 Å². The number of benzene rings is 1. The number of hydrogen-bond donors (Lipinski definition) is 0. The maximum absolute atomic E-state index is 5.51. The minimum atomic E-state index is 0.481. The number of aromatic nitrogens is 3. The Labute approximate surface area is 123 Å². The molecule has 108 valence electrons. The van der Waals surface area contributed by atoms with Crippen molar-refractivity contribution in [3.05, 3.63) is 35.8 Å². The Bertz CT molecular complexity index is 816. The first-order valence-corrected chi connectivity index (χ1v) is 7.55. The van der Waals surface area contributed by atoms with Gasteiger partial charge in [0.05, 0.1) is 17.2 Å². The van der Waals surface area contributed by atoms with Gasteiger partial charge in [-0.1, -0.05) is 11.6 Å². The second kappa shape index (κ2) is 4.81. The standard InChI is InChI=1S/C17H19N3O/c1-11-3-4-15-14(9-11)17-16(10-18-15)19-12(2)20(17)13-5-7-21-8-6-13/h3-4,9-10,13H,5-8H2,1-2H3. The predicted molar refractivity (Wildman–Crippen MR) is 83.6 cm³/mol. The van der Waals surface area contributed by atoms with E-state index in [1.807, 2.05) is 6.20 Å². The van der Waals surface area contributed by atoms with Crippen molar-refractivity contribution in [2.75, 3.05) is 13.2 Å². The number of hydrogen-bond acceptors (Lipinski definition) is 3. The smallest absolute Gasteiger partial charge is 0.108 e. The molecular weight excluding hydrogens is 262 g/mol. The second-order valence-corrected chi connectivity index (χ2v) is 5.89. The first-order valence-electron chi connectivity index (χ1n) is 7.55. The molecule has 0 spiro atoms. The van der Waals surface area contributed by atoms with E-state index < -0.39 is 0 Å². The molecule has 0 unspecified atom stereocenters. The predicted octanol–water partition coefficient (Wildman–Crippen LogP) is 3.55. The zero-order valence-electron chi connectivity index (χ0n) is 12.5. The van der Waals surface area contributed by atoms with E-state index in [9.17, 15) is 0 Å². The molecule has 2 aromatic heterocycles. The van der Waals surface area contributed by atoms with Gasteiger partial charge in [-0.05, 0) is 38.8 Å². The maximum Gasteiger partial charge on any atom is 0.108 e. The lowest BCUT2D eigenvalue weighted by molar-refractivity contribution is 0.0701. The van der Waals surface area contributed by atoms with Gasteiger partial charge in [0.1, 0.15) is 11.3 Å². The van der Waals surface area contributed by atoms with Crippen LogP contribution in [0.4, 0.5) is 0 Å². The zero-order chi connectivity index (χ0) is 14.4. The van der Waals surface area contributed by atoms with Crippen LogP contribution in [0.15, 0.2) is 24.4 Å². The zero-order valence-corrected chi connectivity index (χ0v) is 12.5. The molecule has 0 radical (unpaired) electrons. The summed E-state index contributed by atoms with van der Waals surface area (Å²) in [6.07, 6.45) is 4.01. The third-order valence-corrected chi connectivity index (χ3v) is 4.40. The van der Waals surface area contributed by atoms with Gasteiger partial charge >= 0.3 is 0 Å². The summed E-state index contributed by atoms with van der Waals surface area (Å²) in [5.74, 6) is 1.08. The van der Waals surface area contributed by atoms with E-state index in [2.05, 4.69) is 41.6 Å². The van der Waals surface area contributed by atoms with Crippen LogP contribution in [0.3, 0.4) is 0 Å². The van der Waals surface area contributed by atoms with Crippen LogP contribution in [0, 0.1) is 13.8 Å². The fraction of sp³-hybridized carbons (Fsp3) is 0.412. The van der Waals surface area contributed by atoms with Crippen molar-refractivity contribution in [3.63, 3.8) is 0 Å². The molecule has 1 saturated heterocycles. The highest BCUT2D eigenvalue weighted by molar-refractivity contribution is 6.02. The quantitative estimate of drug-likeness (QED) is 0.685. The fourth-order valence-corrected chi connectivity index (χ4v) is 3.40. The summed E-state index contributed by atoms with van der Waals surface area (Å²) in [6.45, 7) is 5.90. The van der Waals surface area contributed by atoms with Gasteiger partial charge in [-0.3, -0.25) is 4.98 Å². The molecule has 0 bridgehead atoms. The number of nitrogens with zero attached hydrogens (tertiary/aromatic N) is 3. The van der Waals surface area contributed by atoms with Crippen molar-refractivity contribution in [2.24, 2.45) is 0 Å². The highest BCUT2D eigenvalue weighted by atomic mass is 16.5. The van der Waals surface area contributed by atoms with Crippen LogP contribution >= 0.6 is 0 Å². The Kier molecular flexibility index (Phi) is 2.93. The molecular formula is C17H19N3O. The molecule has 4 heteroatoms. The average molecular weight is 281 g/mol. The first-order chi connectivity index (χ1) is 10.2.